The molecular weight excluding hydrogens is 272 g/mol. The zero-order valence-electron chi connectivity index (χ0n) is 12.4. The van der Waals surface area contributed by atoms with E-state index in [9.17, 15) is 9.90 Å². The second kappa shape index (κ2) is 6.78. The molecule has 0 aromatic heterocycles. The maximum atomic E-state index is 12.6. The molecule has 0 saturated carbocycles. The zero-order valence-corrected chi connectivity index (χ0v) is 12.4. The molecule has 0 spiro atoms. The Hall–Kier alpha value is -1.79. The molecule has 0 bridgehead atoms. The van der Waals surface area contributed by atoms with Crippen molar-refractivity contribution in [3.05, 3.63) is 18.2 Å². The second-order valence-corrected chi connectivity index (χ2v) is 5.30. The Kier molecular flexibility index (Phi) is 5.03. The van der Waals surface area contributed by atoms with Crippen LogP contribution in [0.4, 0.5) is 5.69 Å². The molecule has 6 nitrogen and oxygen atoms in total. The molecule has 1 fully saturated rings. The van der Waals surface area contributed by atoms with E-state index in [1.54, 1.807) is 19.2 Å². The van der Waals surface area contributed by atoms with Crippen LogP contribution in [0.25, 0.3) is 0 Å². The zero-order chi connectivity index (χ0) is 15.3. The van der Waals surface area contributed by atoms with Crippen LogP contribution < -0.4 is 15.4 Å². The van der Waals surface area contributed by atoms with Gasteiger partial charge >= 0.3 is 0 Å². The van der Waals surface area contributed by atoms with Crippen molar-refractivity contribution >= 4 is 11.6 Å². The number of ether oxygens (including phenoxy) is 2. The van der Waals surface area contributed by atoms with E-state index >= 15 is 0 Å². The van der Waals surface area contributed by atoms with Gasteiger partial charge in [0.1, 0.15) is 0 Å². The number of anilines is 1. The molecule has 1 aliphatic rings. The monoisotopic (exact) mass is 294 g/mol. The normalized spacial score (nSPS) is 17.2. The molecule has 6 heteroatoms. The molecule has 1 amide bonds. The van der Waals surface area contributed by atoms with E-state index in [1.165, 1.54) is 13.2 Å². The molecule has 116 valence electrons. The van der Waals surface area contributed by atoms with Crippen molar-refractivity contribution in [3.63, 3.8) is 0 Å². The molecule has 0 unspecified atom stereocenters. The predicted octanol–water partition coefficient (Wildman–Crippen LogP) is 1.36. The van der Waals surface area contributed by atoms with E-state index < -0.39 is 5.41 Å². The molecule has 0 radical (unpaired) electrons. The van der Waals surface area contributed by atoms with Gasteiger partial charge in [-0.25, -0.2) is 0 Å². The van der Waals surface area contributed by atoms with Crippen LogP contribution in [0, 0.1) is 5.41 Å². The molecule has 21 heavy (non-hydrogen) atoms. The number of hydrogen-bond donors (Lipinski definition) is 3. The van der Waals surface area contributed by atoms with E-state index in [0.29, 0.717) is 18.0 Å². The van der Waals surface area contributed by atoms with Crippen molar-refractivity contribution in [1.82, 2.24) is 5.32 Å². The van der Waals surface area contributed by atoms with Gasteiger partial charge in [-0.1, -0.05) is 0 Å². The lowest BCUT2D eigenvalue weighted by atomic mass is 9.78. The number of carbonyl (C=O) groups is 1. The fraction of sp³-hybridized carbons (Fsp3) is 0.533. The van der Waals surface area contributed by atoms with Gasteiger partial charge in [0, 0.05) is 18.9 Å². The van der Waals surface area contributed by atoms with Gasteiger partial charge in [-0.2, -0.15) is 0 Å². The van der Waals surface area contributed by atoms with Crippen molar-refractivity contribution in [2.75, 3.05) is 39.2 Å². The molecule has 1 aromatic rings. The summed E-state index contributed by atoms with van der Waals surface area (Å²) in [5.41, 5.74) is 0.0301. The Bertz CT molecular complexity index is 493. The van der Waals surface area contributed by atoms with Gasteiger partial charge in [0.05, 0.1) is 19.1 Å². The van der Waals surface area contributed by atoms with Crippen LogP contribution >= 0.6 is 0 Å². The minimum absolute atomic E-state index is 0.00130. The first-order valence-electron chi connectivity index (χ1n) is 6.99. The van der Waals surface area contributed by atoms with Gasteiger partial charge in [0.2, 0.25) is 5.91 Å². The molecule has 0 atom stereocenters. The number of benzene rings is 1. The van der Waals surface area contributed by atoms with Crippen LogP contribution in [-0.2, 0) is 9.53 Å². The Morgan fingerprint density at radius 2 is 2.10 bits per heavy atom. The predicted molar refractivity (Wildman–Crippen MR) is 79.7 cm³/mol. The van der Waals surface area contributed by atoms with Gasteiger partial charge in [0.25, 0.3) is 0 Å². The lowest BCUT2D eigenvalue weighted by molar-refractivity contribution is -0.130. The fourth-order valence-electron chi connectivity index (χ4n) is 2.65. The number of phenols is 1. The van der Waals surface area contributed by atoms with Gasteiger partial charge in [-0.05, 0) is 38.1 Å². The smallest absolute Gasteiger partial charge is 0.233 e. The first kappa shape index (κ1) is 15.6. The molecule has 1 aromatic carbocycles. The summed E-state index contributed by atoms with van der Waals surface area (Å²) >= 11 is 0. The van der Waals surface area contributed by atoms with E-state index in [1.807, 2.05) is 0 Å². The standard InChI is InChI=1S/C15H22N2O4/c1-20-10-15(5-7-16-8-6-15)14(19)17-11-3-4-13(21-2)12(18)9-11/h3-4,9,16,18H,5-8,10H2,1-2H3,(H,17,19). The summed E-state index contributed by atoms with van der Waals surface area (Å²) in [6, 6.07) is 4.81. The summed E-state index contributed by atoms with van der Waals surface area (Å²) in [6.45, 7) is 1.98. The number of carbonyl (C=O) groups excluding carboxylic acids is 1. The number of piperidine rings is 1. The summed E-state index contributed by atoms with van der Waals surface area (Å²) in [7, 11) is 3.09. The third kappa shape index (κ3) is 3.46. The van der Waals surface area contributed by atoms with Crippen molar-refractivity contribution in [1.29, 1.82) is 0 Å². The van der Waals surface area contributed by atoms with E-state index in [0.717, 1.165) is 25.9 Å². The highest BCUT2D eigenvalue weighted by Crippen LogP contribution is 2.33. The number of rotatable bonds is 5. The van der Waals surface area contributed by atoms with Crippen molar-refractivity contribution in [2.24, 2.45) is 5.41 Å². The molecule has 2 rings (SSSR count). The van der Waals surface area contributed by atoms with Crippen molar-refractivity contribution in [3.8, 4) is 11.5 Å². The number of methoxy groups -OCH3 is 2. The van der Waals surface area contributed by atoms with Crippen molar-refractivity contribution < 1.29 is 19.4 Å². The molecular formula is C15H22N2O4. The third-order valence-corrected chi connectivity index (χ3v) is 3.90. The van der Waals surface area contributed by atoms with Crippen LogP contribution in [0.2, 0.25) is 0 Å². The van der Waals surface area contributed by atoms with E-state index in [4.69, 9.17) is 9.47 Å². The average molecular weight is 294 g/mol. The molecule has 3 N–H and O–H groups in total. The number of aromatic hydroxyl groups is 1. The highest BCUT2D eigenvalue weighted by atomic mass is 16.5. The minimum atomic E-state index is -0.518. The van der Waals surface area contributed by atoms with Gasteiger partial charge in [0.15, 0.2) is 11.5 Å². The Labute approximate surface area is 124 Å². The quantitative estimate of drug-likeness (QED) is 0.764. The van der Waals surface area contributed by atoms with E-state index in [-0.39, 0.29) is 11.7 Å². The van der Waals surface area contributed by atoms with Crippen LogP contribution in [0.1, 0.15) is 12.8 Å². The highest BCUT2D eigenvalue weighted by Gasteiger charge is 2.39. The minimum Gasteiger partial charge on any atom is -0.504 e. The lowest BCUT2D eigenvalue weighted by Crippen LogP contribution is -2.47. The van der Waals surface area contributed by atoms with Crippen LogP contribution in [0.5, 0.6) is 11.5 Å². The maximum absolute atomic E-state index is 12.6. The SMILES string of the molecule is COCC1(C(=O)Nc2ccc(OC)c(O)c2)CCNCC1. The van der Waals surface area contributed by atoms with Crippen LogP contribution in [0.3, 0.4) is 0 Å². The number of hydrogen-bond acceptors (Lipinski definition) is 5. The van der Waals surface area contributed by atoms with Crippen LogP contribution in [0.15, 0.2) is 18.2 Å². The Balaban J connectivity index is 2.13. The van der Waals surface area contributed by atoms with E-state index in [2.05, 4.69) is 10.6 Å². The highest BCUT2D eigenvalue weighted by molar-refractivity contribution is 5.95. The topological polar surface area (TPSA) is 79.8 Å². The second-order valence-electron chi connectivity index (χ2n) is 5.30. The number of nitrogens with one attached hydrogen (secondary N) is 2. The average Bonchev–Trinajstić information content (AvgIpc) is 2.48. The van der Waals surface area contributed by atoms with Gasteiger partial charge in [-0.3, -0.25) is 4.79 Å². The third-order valence-electron chi connectivity index (χ3n) is 3.90. The summed E-state index contributed by atoms with van der Waals surface area (Å²) in [5.74, 6) is 0.304. The van der Waals surface area contributed by atoms with Gasteiger partial charge in [-0.15, -0.1) is 0 Å². The molecule has 1 aliphatic heterocycles. The maximum Gasteiger partial charge on any atom is 0.233 e. The lowest BCUT2D eigenvalue weighted by Gasteiger charge is -2.35. The Morgan fingerprint density at radius 1 is 1.38 bits per heavy atom. The number of amides is 1. The molecule has 1 heterocycles. The first-order chi connectivity index (χ1) is 10.1. The first-order valence-corrected chi connectivity index (χ1v) is 6.99. The fourth-order valence-corrected chi connectivity index (χ4v) is 2.65. The largest absolute Gasteiger partial charge is 0.504 e. The summed E-state index contributed by atoms with van der Waals surface area (Å²) in [4.78, 5) is 12.6. The summed E-state index contributed by atoms with van der Waals surface area (Å²) in [5, 5.41) is 15.9. The summed E-state index contributed by atoms with van der Waals surface area (Å²) in [6.07, 6.45) is 1.46. The Morgan fingerprint density at radius 3 is 2.67 bits per heavy atom. The van der Waals surface area contributed by atoms with Crippen molar-refractivity contribution in [2.45, 2.75) is 12.8 Å². The summed E-state index contributed by atoms with van der Waals surface area (Å²) < 4.78 is 10.2. The number of phenolic OH excluding ortho intramolecular Hbond substituents is 1. The van der Waals surface area contributed by atoms with Gasteiger partial charge < -0.3 is 25.2 Å². The molecule has 1 saturated heterocycles. The molecule has 0 aliphatic carbocycles. The van der Waals surface area contributed by atoms with Crippen LogP contribution in [-0.4, -0.2) is 44.9 Å².